The van der Waals surface area contributed by atoms with Crippen LogP contribution in [0.1, 0.15) is 5.82 Å². The first-order valence-electron chi connectivity index (χ1n) is 5.04. The smallest absolute Gasteiger partial charge is 0.119 e. The van der Waals surface area contributed by atoms with Gasteiger partial charge >= 0.3 is 0 Å². The summed E-state index contributed by atoms with van der Waals surface area (Å²) in [7, 11) is 0. The van der Waals surface area contributed by atoms with Crippen LogP contribution < -0.4 is 0 Å². The Morgan fingerprint density at radius 3 is 3.06 bits per heavy atom. The number of aliphatic hydroxyl groups excluding tert-OH is 1. The zero-order valence-electron chi connectivity index (χ0n) is 8.67. The number of hydrogen-bond donors (Lipinski definition) is 1. The van der Waals surface area contributed by atoms with Gasteiger partial charge in [-0.05, 0) is 12.1 Å². The summed E-state index contributed by atoms with van der Waals surface area (Å²) in [6.45, 7) is 0.669. The van der Waals surface area contributed by atoms with Gasteiger partial charge in [-0.3, -0.25) is 0 Å². The molecule has 1 aliphatic heterocycles. The van der Waals surface area contributed by atoms with Gasteiger partial charge in [-0.2, -0.15) is 11.8 Å². The van der Waals surface area contributed by atoms with E-state index in [1.807, 2.05) is 18.2 Å². The van der Waals surface area contributed by atoms with Crippen LogP contribution in [0.4, 0.5) is 0 Å². The molecular weight excluding hydrogens is 244 g/mol. The van der Waals surface area contributed by atoms with Crippen LogP contribution in [0.3, 0.4) is 0 Å². The highest BCUT2D eigenvalue weighted by atomic mass is 35.5. The van der Waals surface area contributed by atoms with Crippen molar-refractivity contribution in [1.82, 2.24) is 9.55 Å². The molecule has 0 saturated carbocycles. The lowest BCUT2D eigenvalue weighted by atomic mass is 10.3. The van der Waals surface area contributed by atoms with Crippen LogP contribution in [-0.4, -0.2) is 26.5 Å². The van der Waals surface area contributed by atoms with E-state index in [1.54, 1.807) is 11.8 Å². The van der Waals surface area contributed by atoms with Crippen molar-refractivity contribution >= 4 is 35.2 Å². The molecule has 0 aliphatic carbocycles. The number of benzene rings is 1. The van der Waals surface area contributed by atoms with E-state index in [0.717, 1.165) is 28.4 Å². The Kier molecular flexibility index (Phi) is 3.42. The quantitative estimate of drug-likeness (QED) is 0.784. The first kappa shape index (κ1) is 11.8. The Morgan fingerprint density at radius 2 is 2.19 bits per heavy atom. The Balaban J connectivity index is 0.000000963. The lowest BCUT2D eigenvalue weighted by Crippen LogP contribution is -2.16. The molecule has 16 heavy (non-hydrogen) atoms. The van der Waals surface area contributed by atoms with Crippen LogP contribution in [0, 0.1) is 0 Å². The van der Waals surface area contributed by atoms with E-state index in [1.165, 1.54) is 0 Å². The van der Waals surface area contributed by atoms with Crippen molar-refractivity contribution in [2.45, 2.75) is 18.4 Å². The molecule has 5 heteroatoms. The van der Waals surface area contributed by atoms with Crippen LogP contribution in [0.5, 0.6) is 0 Å². The molecule has 1 atom stereocenters. The minimum absolute atomic E-state index is 0. The van der Waals surface area contributed by atoms with Gasteiger partial charge in [-0.25, -0.2) is 4.98 Å². The molecule has 0 bridgehead atoms. The molecule has 1 aliphatic rings. The average molecular weight is 257 g/mol. The van der Waals surface area contributed by atoms with Crippen molar-refractivity contribution in [3.05, 3.63) is 30.1 Å². The fourth-order valence-electron chi connectivity index (χ4n) is 1.99. The molecule has 2 heterocycles. The third-order valence-corrected chi connectivity index (χ3v) is 3.75. The molecule has 3 nitrogen and oxygen atoms in total. The standard InChI is InChI=1S/C11H12N2OS.ClH/c14-8-5-13-10-4-2-1-3-9(10)12-11(13)7-15-6-8;/h1-4,8,14H,5-7H2;1H. The second kappa shape index (κ2) is 4.65. The molecule has 0 spiro atoms. The fraction of sp³-hybridized carbons (Fsp3) is 0.364. The summed E-state index contributed by atoms with van der Waals surface area (Å²) in [5.74, 6) is 2.78. The number of imidazole rings is 1. The van der Waals surface area contributed by atoms with Crippen molar-refractivity contribution in [3.63, 3.8) is 0 Å². The van der Waals surface area contributed by atoms with E-state index in [4.69, 9.17) is 0 Å². The molecule has 1 N–H and O–H groups in total. The van der Waals surface area contributed by atoms with Gasteiger partial charge in [0.15, 0.2) is 0 Å². The number of aromatic nitrogens is 2. The minimum Gasteiger partial charge on any atom is -0.390 e. The van der Waals surface area contributed by atoms with E-state index in [2.05, 4.69) is 15.6 Å². The van der Waals surface area contributed by atoms with Crippen molar-refractivity contribution < 1.29 is 5.11 Å². The Hall–Kier alpha value is -0.710. The number of aliphatic hydroxyl groups is 1. The second-order valence-corrected chi connectivity index (χ2v) is 4.83. The van der Waals surface area contributed by atoms with Crippen molar-refractivity contribution in [2.24, 2.45) is 0 Å². The molecule has 0 amide bonds. The van der Waals surface area contributed by atoms with E-state index in [9.17, 15) is 5.11 Å². The van der Waals surface area contributed by atoms with Crippen LogP contribution in [-0.2, 0) is 12.3 Å². The highest BCUT2D eigenvalue weighted by Gasteiger charge is 2.17. The third kappa shape index (κ3) is 1.93. The van der Waals surface area contributed by atoms with E-state index in [0.29, 0.717) is 6.54 Å². The predicted octanol–water partition coefficient (Wildman–Crippen LogP) is 2.07. The Labute approximate surface area is 104 Å². The molecule has 2 aromatic rings. The largest absolute Gasteiger partial charge is 0.390 e. The first-order valence-corrected chi connectivity index (χ1v) is 6.20. The van der Waals surface area contributed by atoms with Crippen LogP contribution in [0.25, 0.3) is 11.0 Å². The number of thioether (sulfide) groups is 1. The fourth-order valence-corrected chi connectivity index (χ4v) is 2.89. The van der Waals surface area contributed by atoms with Gasteiger partial charge in [-0.1, -0.05) is 12.1 Å². The molecule has 1 aromatic carbocycles. The van der Waals surface area contributed by atoms with Gasteiger partial charge in [0, 0.05) is 5.75 Å². The highest BCUT2D eigenvalue weighted by molar-refractivity contribution is 7.98. The summed E-state index contributed by atoms with van der Waals surface area (Å²) in [6.07, 6.45) is -0.256. The monoisotopic (exact) mass is 256 g/mol. The van der Waals surface area contributed by atoms with Gasteiger partial charge in [0.25, 0.3) is 0 Å². The first-order chi connectivity index (χ1) is 7.34. The van der Waals surface area contributed by atoms with Crippen LogP contribution in [0.2, 0.25) is 0 Å². The lowest BCUT2D eigenvalue weighted by Gasteiger charge is -2.08. The number of fused-ring (bicyclic) bond motifs is 3. The van der Waals surface area contributed by atoms with Gasteiger partial charge in [0.2, 0.25) is 0 Å². The summed E-state index contributed by atoms with van der Waals surface area (Å²) in [5, 5.41) is 9.74. The molecular formula is C11H13ClN2OS. The molecule has 86 valence electrons. The van der Waals surface area contributed by atoms with Crippen LogP contribution >= 0.6 is 24.2 Å². The van der Waals surface area contributed by atoms with Gasteiger partial charge in [0.1, 0.15) is 5.82 Å². The predicted molar refractivity (Wildman–Crippen MR) is 69.1 cm³/mol. The number of hydrogen-bond acceptors (Lipinski definition) is 3. The Bertz CT molecular complexity index is 500. The number of rotatable bonds is 0. The lowest BCUT2D eigenvalue weighted by molar-refractivity contribution is 0.180. The SMILES string of the molecule is Cl.OC1CSCc2nc3ccccc3n2C1. The maximum absolute atomic E-state index is 9.74. The summed E-state index contributed by atoms with van der Waals surface area (Å²) in [5.41, 5.74) is 2.16. The van der Waals surface area contributed by atoms with Crippen molar-refractivity contribution in [3.8, 4) is 0 Å². The zero-order valence-corrected chi connectivity index (χ0v) is 10.3. The summed E-state index contributed by atoms with van der Waals surface area (Å²) < 4.78 is 2.14. The van der Waals surface area contributed by atoms with E-state index >= 15 is 0 Å². The van der Waals surface area contributed by atoms with Crippen molar-refractivity contribution in [2.75, 3.05) is 5.75 Å². The molecule has 0 radical (unpaired) electrons. The van der Waals surface area contributed by atoms with E-state index in [-0.39, 0.29) is 18.5 Å². The number of halogens is 1. The zero-order chi connectivity index (χ0) is 10.3. The minimum atomic E-state index is -0.256. The normalized spacial score (nSPS) is 19.9. The maximum atomic E-state index is 9.74. The maximum Gasteiger partial charge on any atom is 0.119 e. The highest BCUT2D eigenvalue weighted by Crippen LogP contribution is 2.23. The molecule has 1 aromatic heterocycles. The van der Waals surface area contributed by atoms with Crippen molar-refractivity contribution in [1.29, 1.82) is 0 Å². The van der Waals surface area contributed by atoms with Gasteiger partial charge < -0.3 is 9.67 Å². The topological polar surface area (TPSA) is 38.1 Å². The van der Waals surface area contributed by atoms with E-state index < -0.39 is 0 Å². The summed E-state index contributed by atoms with van der Waals surface area (Å²) in [6, 6.07) is 8.10. The molecule has 1 unspecified atom stereocenters. The molecule has 3 rings (SSSR count). The summed E-state index contributed by atoms with van der Waals surface area (Å²) in [4.78, 5) is 4.58. The number of nitrogens with zero attached hydrogens (tertiary/aromatic N) is 2. The van der Waals surface area contributed by atoms with Crippen LogP contribution in [0.15, 0.2) is 24.3 Å². The Morgan fingerprint density at radius 1 is 1.38 bits per heavy atom. The van der Waals surface area contributed by atoms with Gasteiger partial charge in [-0.15, -0.1) is 12.4 Å². The average Bonchev–Trinajstić information content (AvgIpc) is 2.47. The third-order valence-electron chi connectivity index (χ3n) is 2.67. The molecule has 0 fully saturated rings. The number of para-hydroxylation sites is 2. The second-order valence-electron chi connectivity index (χ2n) is 3.80. The van der Waals surface area contributed by atoms with Gasteiger partial charge in [0.05, 0.1) is 29.4 Å². The summed E-state index contributed by atoms with van der Waals surface area (Å²) >= 11 is 1.75. The molecule has 0 saturated heterocycles.